The summed E-state index contributed by atoms with van der Waals surface area (Å²) in [6, 6.07) is 4.13. The molecular weight excluding hydrogens is 304 g/mol. The van der Waals surface area contributed by atoms with Gasteiger partial charge in [0.05, 0.1) is 13.2 Å². The van der Waals surface area contributed by atoms with Crippen molar-refractivity contribution in [2.45, 2.75) is 25.8 Å². The lowest BCUT2D eigenvalue weighted by Gasteiger charge is -2.33. The molecule has 0 N–H and O–H groups in total. The number of nitrogens with zero attached hydrogens (tertiary/aromatic N) is 4. The van der Waals surface area contributed by atoms with Gasteiger partial charge in [-0.3, -0.25) is 9.69 Å². The van der Waals surface area contributed by atoms with E-state index in [0.717, 1.165) is 69.1 Å². The molecule has 1 atom stereocenters. The molecule has 24 heavy (non-hydrogen) atoms. The molecule has 0 aliphatic carbocycles. The number of ether oxygens (including phenoxy) is 1. The number of aryl methyl sites for hydroxylation is 1. The minimum atomic E-state index is 0.133. The summed E-state index contributed by atoms with van der Waals surface area (Å²) in [6.07, 6.45) is 5.96. The number of amides is 1. The minimum absolute atomic E-state index is 0.133. The largest absolute Gasteiger partial charge is 0.379 e. The van der Waals surface area contributed by atoms with Crippen molar-refractivity contribution in [1.82, 2.24) is 19.2 Å². The molecule has 0 unspecified atom stereocenters. The van der Waals surface area contributed by atoms with Crippen LogP contribution < -0.4 is 0 Å². The van der Waals surface area contributed by atoms with Crippen LogP contribution in [-0.4, -0.2) is 70.5 Å². The van der Waals surface area contributed by atoms with Gasteiger partial charge in [-0.05, 0) is 31.9 Å². The van der Waals surface area contributed by atoms with Crippen LogP contribution in [0.2, 0.25) is 0 Å². The summed E-state index contributed by atoms with van der Waals surface area (Å²) in [6.45, 7) is 7.37. The van der Waals surface area contributed by atoms with E-state index in [2.05, 4.69) is 14.8 Å². The number of morpholine rings is 1. The third-order valence-corrected chi connectivity index (χ3v) is 5.16. The first-order valence-corrected chi connectivity index (χ1v) is 8.77. The van der Waals surface area contributed by atoms with Gasteiger partial charge in [0.2, 0.25) is 0 Å². The van der Waals surface area contributed by atoms with E-state index in [9.17, 15) is 4.79 Å². The second-order valence-corrected chi connectivity index (χ2v) is 6.75. The van der Waals surface area contributed by atoms with Crippen molar-refractivity contribution in [3.8, 4) is 0 Å². The molecule has 4 heterocycles. The van der Waals surface area contributed by atoms with Crippen molar-refractivity contribution in [3.05, 3.63) is 35.8 Å². The minimum Gasteiger partial charge on any atom is -0.379 e. The number of fused-ring (bicyclic) bond motifs is 1. The maximum atomic E-state index is 13.0. The lowest BCUT2D eigenvalue weighted by molar-refractivity contribution is 0.0261. The Hall–Kier alpha value is -1.92. The van der Waals surface area contributed by atoms with Gasteiger partial charge >= 0.3 is 0 Å². The van der Waals surface area contributed by atoms with Crippen molar-refractivity contribution in [2.24, 2.45) is 0 Å². The summed E-state index contributed by atoms with van der Waals surface area (Å²) in [5.74, 6) is 0.133. The quantitative estimate of drug-likeness (QED) is 0.858. The Morgan fingerprint density at radius 2 is 2.17 bits per heavy atom. The zero-order valence-corrected chi connectivity index (χ0v) is 14.1. The molecule has 2 aromatic heterocycles. The number of rotatable bonds is 3. The third kappa shape index (κ3) is 2.91. The molecule has 6 heteroatoms. The molecule has 0 radical (unpaired) electrons. The smallest absolute Gasteiger partial charge is 0.254 e. The Bertz CT molecular complexity index is 736. The van der Waals surface area contributed by atoms with E-state index in [1.165, 1.54) is 0 Å². The molecule has 2 fully saturated rings. The Kier molecular flexibility index (Phi) is 4.24. The van der Waals surface area contributed by atoms with Crippen molar-refractivity contribution >= 4 is 11.6 Å². The van der Waals surface area contributed by atoms with Crippen molar-refractivity contribution in [1.29, 1.82) is 0 Å². The average Bonchev–Trinajstić information content (AvgIpc) is 3.22. The van der Waals surface area contributed by atoms with Crippen molar-refractivity contribution < 1.29 is 9.53 Å². The lowest BCUT2D eigenvalue weighted by atomic mass is 10.1. The van der Waals surface area contributed by atoms with E-state index in [0.29, 0.717) is 6.04 Å². The Morgan fingerprint density at radius 1 is 1.33 bits per heavy atom. The molecular formula is C18H24N4O2. The number of hydrogen-bond acceptors (Lipinski definition) is 4. The SMILES string of the molecule is Cc1cnc2cc(C(=O)N3CCC[C@H]3CN3CCOCC3)ccn12. The van der Waals surface area contributed by atoms with Crippen LogP contribution in [-0.2, 0) is 4.74 Å². The van der Waals surface area contributed by atoms with Gasteiger partial charge in [-0.25, -0.2) is 4.98 Å². The molecule has 2 saturated heterocycles. The molecule has 2 aromatic rings. The summed E-state index contributed by atoms with van der Waals surface area (Å²) in [5, 5.41) is 0. The molecule has 2 aliphatic heterocycles. The molecule has 2 aliphatic rings. The molecule has 128 valence electrons. The fourth-order valence-corrected chi connectivity index (χ4v) is 3.78. The molecule has 0 aromatic carbocycles. The third-order valence-electron chi connectivity index (χ3n) is 5.16. The molecule has 0 saturated carbocycles. The molecule has 0 spiro atoms. The van der Waals surface area contributed by atoms with Crippen LogP contribution in [0.15, 0.2) is 24.5 Å². The Labute approximate surface area is 142 Å². The van der Waals surface area contributed by atoms with Gasteiger partial charge < -0.3 is 14.0 Å². The van der Waals surface area contributed by atoms with E-state index >= 15 is 0 Å². The van der Waals surface area contributed by atoms with Crippen LogP contribution in [0.1, 0.15) is 28.9 Å². The Morgan fingerprint density at radius 3 is 3.00 bits per heavy atom. The first-order valence-electron chi connectivity index (χ1n) is 8.77. The van der Waals surface area contributed by atoms with Crippen LogP contribution >= 0.6 is 0 Å². The maximum absolute atomic E-state index is 13.0. The normalized spacial score (nSPS) is 22.4. The van der Waals surface area contributed by atoms with Gasteiger partial charge in [-0.1, -0.05) is 0 Å². The fourth-order valence-electron chi connectivity index (χ4n) is 3.78. The molecule has 1 amide bonds. The molecule has 6 nitrogen and oxygen atoms in total. The van der Waals surface area contributed by atoms with E-state index in [1.807, 2.05) is 35.9 Å². The van der Waals surface area contributed by atoms with Gasteiger partial charge in [0.15, 0.2) is 0 Å². The van der Waals surface area contributed by atoms with Crippen LogP contribution in [0.5, 0.6) is 0 Å². The van der Waals surface area contributed by atoms with Gasteiger partial charge in [-0.2, -0.15) is 0 Å². The van der Waals surface area contributed by atoms with E-state index in [1.54, 1.807) is 0 Å². The average molecular weight is 328 g/mol. The van der Waals surface area contributed by atoms with Crippen LogP contribution in [0.3, 0.4) is 0 Å². The highest BCUT2D eigenvalue weighted by atomic mass is 16.5. The lowest BCUT2D eigenvalue weighted by Crippen LogP contribution is -2.46. The zero-order valence-electron chi connectivity index (χ0n) is 14.1. The summed E-state index contributed by atoms with van der Waals surface area (Å²) in [5.41, 5.74) is 2.65. The van der Waals surface area contributed by atoms with Gasteiger partial charge in [-0.15, -0.1) is 0 Å². The fraction of sp³-hybridized carbons (Fsp3) is 0.556. The first kappa shape index (κ1) is 15.6. The van der Waals surface area contributed by atoms with E-state index < -0.39 is 0 Å². The summed E-state index contributed by atoms with van der Waals surface area (Å²) < 4.78 is 7.43. The molecule has 0 bridgehead atoms. The number of carbonyl (C=O) groups excluding carboxylic acids is 1. The second-order valence-electron chi connectivity index (χ2n) is 6.75. The summed E-state index contributed by atoms with van der Waals surface area (Å²) in [7, 11) is 0. The van der Waals surface area contributed by atoms with Gasteiger partial charge in [0, 0.05) is 55.9 Å². The predicted molar refractivity (Wildman–Crippen MR) is 91.2 cm³/mol. The maximum Gasteiger partial charge on any atom is 0.254 e. The van der Waals surface area contributed by atoms with Gasteiger partial charge in [0.25, 0.3) is 5.91 Å². The van der Waals surface area contributed by atoms with Crippen molar-refractivity contribution in [2.75, 3.05) is 39.4 Å². The number of imidazole rings is 1. The van der Waals surface area contributed by atoms with E-state index in [4.69, 9.17) is 4.74 Å². The standard InChI is InChI=1S/C18H24N4O2/c1-14-12-19-17-11-15(4-6-21(14)17)18(23)22-5-2-3-16(22)13-20-7-9-24-10-8-20/h4,6,11-12,16H,2-3,5,7-10,13H2,1H3/t16-/m0/s1. The second kappa shape index (κ2) is 6.53. The monoisotopic (exact) mass is 328 g/mol. The van der Waals surface area contributed by atoms with Gasteiger partial charge in [0.1, 0.15) is 5.65 Å². The Balaban J connectivity index is 1.50. The highest BCUT2D eigenvalue weighted by Gasteiger charge is 2.31. The van der Waals surface area contributed by atoms with Crippen LogP contribution in [0, 0.1) is 6.92 Å². The number of carbonyl (C=O) groups is 1. The predicted octanol–water partition coefficient (Wildman–Crippen LogP) is 1.58. The van der Waals surface area contributed by atoms with Crippen LogP contribution in [0.4, 0.5) is 0 Å². The number of pyridine rings is 1. The number of aromatic nitrogens is 2. The van der Waals surface area contributed by atoms with Crippen LogP contribution in [0.25, 0.3) is 5.65 Å². The number of hydrogen-bond donors (Lipinski definition) is 0. The topological polar surface area (TPSA) is 50.1 Å². The highest BCUT2D eigenvalue weighted by molar-refractivity contribution is 5.95. The first-order chi connectivity index (χ1) is 11.7. The van der Waals surface area contributed by atoms with E-state index in [-0.39, 0.29) is 5.91 Å². The summed E-state index contributed by atoms with van der Waals surface area (Å²) >= 11 is 0. The zero-order chi connectivity index (χ0) is 16.5. The molecule has 4 rings (SSSR count). The number of likely N-dealkylation sites (tertiary alicyclic amines) is 1. The highest BCUT2D eigenvalue weighted by Crippen LogP contribution is 2.22. The summed E-state index contributed by atoms with van der Waals surface area (Å²) in [4.78, 5) is 21.8. The van der Waals surface area contributed by atoms with Crippen molar-refractivity contribution in [3.63, 3.8) is 0 Å².